The van der Waals surface area contributed by atoms with Crippen molar-refractivity contribution in [3.05, 3.63) is 22.9 Å². The van der Waals surface area contributed by atoms with Gasteiger partial charge >= 0.3 is 0 Å². The van der Waals surface area contributed by atoms with Crippen LogP contribution in [0.4, 0.5) is 5.82 Å². The number of aromatic nitrogens is 1. The average molecular weight is 255 g/mol. The van der Waals surface area contributed by atoms with Gasteiger partial charge < -0.3 is 4.90 Å². The summed E-state index contributed by atoms with van der Waals surface area (Å²) in [6, 6.07) is 4.94. The van der Waals surface area contributed by atoms with Crippen LogP contribution in [-0.2, 0) is 12.8 Å². The standard InChI is InChI=1S/C16H21N3/c1-11-7-12(2)19(10-11)16-14(9-17)8-13-5-3-4-6-15(13)18-16/h8,11-12H,3-7,10H2,1-2H3. The van der Waals surface area contributed by atoms with E-state index in [1.165, 1.54) is 30.5 Å². The molecule has 0 spiro atoms. The van der Waals surface area contributed by atoms with Crippen LogP contribution in [0, 0.1) is 17.2 Å². The van der Waals surface area contributed by atoms with Gasteiger partial charge in [0.05, 0.1) is 5.56 Å². The van der Waals surface area contributed by atoms with Gasteiger partial charge in [0.2, 0.25) is 0 Å². The molecular weight excluding hydrogens is 234 g/mol. The maximum Gasteiger partial charge on any atom is 0.147 e. The summed E-state index contributed by atoms with van der Waals surface area (Å²) in [7, 11) is 0. The molecule has 3 rings (SSSR count). The molecular formula is C16H21N3. The van der Waals surface area contributed by atoms with Gasteiger partial charge in [0.25, 0.3) is 0 Å². The molecule has 0 N–H and O–H groups in total. The van der Waals surface area contributed by atoms with Crippen LogP contribution >= 0.6 is 0 Å². The Hall–Kier alpha value is -1.56. The molecule has 1 aromatic heterocycles. The number of hydrogen-bond donors (Lipinski definition) is 0. The number of hydrogen-bond acceptors (Lipinski definition) is 3. The molecule has 2 atom stereocenters. The smallest absolute Gasteiger partial charge is 0.147 e. The van der Waals surface area contributed by atoms with E-state index in [-0.39, 0.29) is 0 Å². The lowest BCUT2D eigenvalue weighted by Crippen LogP contribution is -2.29. The maximum atomic E-state index is 9.42. The van der Waals surface area contributed by atoms with Gasteiger partial charge in [0.1, 0.15) is 11.9 Å². The van der Waals surface area contributed by atoms with Crippen molar-refractivity contribution in [3.63, 3.8) is 0 Å². The van der Waals surface area contributed by atoms with Gasteiger partial charge in [-0.05, 0) is 56.6 Å². The molecule has 0 bridgehead atoms. The maximum absolute atomic E-state index is 9.42. The first kappa shape index (κ1) is 12.5. The molecule has 0 amide bonds. The lowest BCUT2D eigenvalue weighted by Gasteiger charge is -2.26. The number of pyridine rings is 1. The Bertz CT molecular complexity index is 530. The molecule has 0 saturated carbocycles. The Morgan fingerprint density at radius 1 is 1.32 bits per heavy atom. The Balaban J connectivity index is 2.03. The van der Waals surface area contributed by atoms with Gasteiger partial charge in [0, 0.05) is 18.3 Å². The van der Waals surface area contributed by atoms with E-state index in [0.29, 0.717) is 12.0 Å². The topological polar surface area (TPSA) is 39.9 Å². The second kappa shape index (κ2) is 4.85. The largest absolute Gasteiger partial charge is 0.353 e. The Morgan fingerprint density at radius 2 is 2.11 bits per heavy atom. The summed E-state index contributed by atoms with van der Waals surface area (Å²) in [5, 5.41) is 9.42. The monoisotopic (exact) mass is 255 g/mol. The zero-order chi connectivity index (χ0) is 13.4. The average Bonchev–Trinajstić information content (AvgIpc) is 2.76. The summed E-state index contributed by atoms with van der Waals surface area (Å²) < 4.78 is 0. The Morgan fingerprint density at radius 3 is 2.79 bits per heavy atom. The normalized spacial score (nSPS) is 26.1. The molecule has 3 heteroatoms. The quantitative estimate of drug-likeness (QED) is 0.774. The molecule has 2 heterocycles. The number of nitrogens with zero attached hydrogens (tertiary/aromatic N) is 3. The highest BCUT2D eigenvalue weighted by molar-refractivity contribution is 5.57. The van der Waals surface area contributed by atoms with Crippen LogP contribution in [0.5, 0.6) is 0 Å². The van der Waals surface area contributed by atoms with Gasteiger partial charge in [-0.15, -0.1) is 0 Å². The van der Waals surface area contributed by atoms with Gasteiger partial charge in [-0.2, -0.15) is 5.26 Å². The summed E-state index contributed by atoms with van der Waals surface area (Å²) in [6.45, 7) is 5.55. The highest BCUT2D eigenvalue weighted by Gasteiger charge is 2.29. The van der Waals surface area contributed by atoms with Gasteiger partial charge in [-0.3, -0.25) is 0 Å². The summed E-state index contributed by atoms with van der Waals surface area (Å²) in [5.41, 5.74) is 3.29. The fraction of sp³-hybridized carbons (Fsp3) is 0.625. The third-order valence-corrected chi connectivity index (χ3v) is 4.46. The van der Waals surface area contributed by atoms with Crippen LogP contribution in [0.25, 0.3) is 0 Å². The molecule has 1 saturated heterocycles. The van der Waals surface area contributed by atoms with Crippen molar-refractivity contribution >= 4 is 5.82 Å². The van der Waals surface area contributed by atoms with Crippen LogP contribution in [0.3, 0.4) is 0 Å². The second-order valence-corrected chi connectivity index (χ2v) is 6.13. The van der Waals surface area contributed by atoms with Gasteiger partial charge in [-0.1, -0.05) is 6.92 Å². The van der Waals surface area contributed by atoms with E-state index in [9.17, 15) is 5.26 Å². The number of aryl methyl sites for hydroxylation is 2. The predicted molar refractivity (Wildman–Crippen MR) is 76.2 cm³/mol. The van der Waals surface area contributed by atoms with Crippen molar-refractivity contribution in [1.29, 1.82) is 5.26 Å². The molecule has 1 aliphatic heterocycles. The van der Waals surface area contributed by atoms with E-state index >= 15 is 0 Å². The van der Waals surface area contributed by atoms with E-state index < -0.39 is 0 Å². The number of fused-ring (bicyclic) bond motifs is 1. The van der Waals surface area contributed by atoms with Gasteiger partial charge in [-0.25, -0.2) is 4.98 Å². The molecule has 0 aromatic carbocycles. The minimum Gasteiger partial charge on any atom is -0.353 e. The lowest BCUT2D eigenvalue weighted by molar-refractivity contribution is 0.624. The Labute approximate surface area is 115 Å². The SMILES string of the molecule is CC1CC(C)N(c2nc3c(cc2C#N)CCCC3)C1. The molecule has 0 radical (unpaired) electrons. The molecule has 1 fully saturated rings. The third kappa shape index (κ3) is 2.20. The van der Waals surface area contributed by atoms with Crippen LogP contribution in [-0.4, -0.2) is 17.6 Å². The van der Waals surface area contributed by atoms with Crippen LogP contribution < -0.4 is 4.90 Å². The van der Waals surface area contributed by atoms with Crippen molar-refractivity contribution in [3.8, 4) is 6.07 Å². The van der Waals surface area contributed by atoms with E-state index in [1.807, 2.05) is 0 Å². The van der Waals surface area contributed by atoms with Crippen molar-refractivity contribution in [2.75, 3.05) is 11.4 Å². The zero-order valence-corrected chi connectivity index (χ0v) is 11.8. The molecule has 1 aromatic rings. The first-order valence-electron chi connectivity index (χ1n) is 7.38. The summed E-state index contributed by atoms with van der Waals surface area (Å²) in [5.74, 6) is 1.62. The number of rotatable bonds is 1. The molecule has 100 valence electrons. The molecule has 3 nitrogen and oxygen atoms in total. The van der Waals surface area contributed by atoms with Crippen molar-refractivity contribution in [2.45, 2.75) is 52.0 Å². The zero-order valence-electron chi connectivity index (χ0n) is 11.8. The lowest BCUT2D eigenvalue weighted by atomic mass is 9.95. The summed E-state index contributed by atoms with van der Waals surface area (Å²) in [6.07, 6.45) is 5.83. The van der Waals surface area contributed by atoms with Crippen LogP contribution in [0.15, 0.2) is 6.07 Å². The fourth-order valence-corrected chi connectivity index (χ4v) is 3.52. The van der Waals surface area contributed by atoms with E-state index in [0.717, 1.165) is 30.8 Å². The first-order chi connectivity index (χ1) is 9.19. The molecule has 2 aliphatic rings. The summed E-state index contributed by atoms with van der Waals surface area (Å²) >= 11 is 0. The number of anilines is 1. The minimum absolute atomic E-state index is 0.497. The first-order valence-corrected chi connectivity index (χ1v) is 7.38. The second-order valence-electron chi connectivity index (χ2n) is 6.13. The van der Waals surface area contributed by atoms with Crippen molar-refractivity contribution in [1.82, 2.24) is 4.98 Å². The number of nitriles is 1. The molecule has 2 unspecified atom stereocenters. The highest BCUT2D eigenvalue weighted by Crippen LogP contribution is 2.32. The van der Waals surface area contributed by atoms with E-state index in [1.54, 1.807) is 0 Å². The van der Waals surface area contributed by atoms with E-state index in [4.69, 9.17) is 4.98 Å². The minimum atomic E-state index is 0.497. The van der Waals surface area contributed by atoms with E-state index in [2.05, 4.69) is 30.9 Å². The fourth-order valence-electron chi connectivity index (χ4n) is 3.52. The van der Waals surface area contributed by atoms with Crippen molar-refractivity contribution in [2.24, 2.45) is 5.92 Å². The highest BCUT2D eigenvalue weighted by atomic mass is 15.2. The van der Waals surface area contributed by atoms with Crippen LogP contribution in [0.2, 0.25) is 0 Å². The third-order valence-electron chi connectivity index (χ3n) is 4.46. The van der Waals surface area contributed by atoms with Crippen molar-refractivity contribution < 1.29 is 0 Å². The van der Waals surface area contributed by atoms with Crippen LogP contribution in [0.1, 0.15) is 49.9 Å². The molecule has 1 aliphatic carbocycles. The Kier molecular flexibility index (Phi) is 3.18. The van der Waals surface area contributed by atoms with Gasteiger partial charge in [0.15, 0.2) is 0 Å². The summed E-state index contributed by atoms with van der Waals surface area (Å²) in [4.78, 5) is 7.19. The predicted octanol–water partition coefficient (Wildman–Crippen LogP) is 3.07. The molecule has 19 heavy (non-hydrogen) atoms.